The van der Waals surface area contributed by atoms with E-state index in [1.165, 1.54) is 18.4 Å². The van der Waals surface area contributed by atoms with Crippen molar-refractivity contribution in [1.29, 1.82) is 0 Å². The molecule has 110 valence electrons. The lowest BCUT2D eigenvalue weighted by molar-refractivity contribution is 0.0890. The van der Waals surface area contributed by atoms with Gasteiger partial charge in [-0.15, -0.1) is 0 Å². The summed E-state index contributed by atoms with van der Waals surface area (Å²) in [5, 5.41) is -0.456. The molecule has 2 rings (SSSR count). The predicted molar refractivity (Wildman–Crippen MR) is 79.0 cm³/mol. The van der Waals surface area contributed by atoms with Crippen molar-refractivity contribution in [1.82, 2.24) is 0 Å². The van der Waals surface area contributed by atoms with Gasteiger partial charge < -0.3 is 0 Å². The van der Waals surface area contributed by atoms with Gasteiger partial charge in [-0.05, 0) is 37.5 Å². The third-order valence-corrected chi connectivity index (χ3v) is 5.85. The van der Waals surface area contributed by atoms with Crippen molar-refractivity contribution in [2.45, 2.75) is 30.9 Å². The minimum absolute atomic E-state index is 0.168. The van der Waals surface area contributed by atoms with Crippen molar-refractivity contribution in [2.75, 3.05) is 6.26 Å². The van der Waals surface area contributed by atoms with Crippen molar-refractivity contribution in [3.05, 3.63) is 34.1 Å². The highest BCUT2D eigenvalue weighted by atomic mass is 79.9. The van der Waals surface area contributed by atoms with Gasteiger partial charge in [0.25, 0.3) is 0 Å². The normalized spacial score (nSPS) is 23.6. The van der Waals surface area contributed by atoms with Gasteiger partial charge in [-0.25, -0.2) is 12.8 Å². The standard InChI is InChI=1S/C14H16BrFO3S/c1-20(18,19)13-4-2-3-9(7-13)14(17)10-5-11(15)8-12(16)6-10/h5-6,8-9,13H,2-4,7H2,1H3. The molecular formula is C14H16BrFO3S. The van der Waals surface area contributed by atoms with Gasteiger partial charge in [0.1, 0.15) is 15.7 Å². The van der Waals surface area contributed by atoms with Crippen molar-refractivity contribution in [3.8, 4) is 0 Å². The number of benzene rings is 1. The summed E-state index contributed by atoms with van der Waals surface area (Å²) in [4.78, 5) is 12.4. The Balaban J connectivity index is 2.20. The maximum absolute atomic E-state index is 13.3. The molecular weight excluding hydrogens is 347 g/mol. The van der Waals surface area contributed by atoms with Gasteiger partial charge in [0, 0.05) is 22.2 Å². The molecule has 1 aliphatic carbocycles. The van der Waals surface area contributed by atoms with E-state index in [1.807, 2.05) is 0 Å². The highest BCUT2D eigenvalue weighted by Gasteiger charge is 2.32. The molecule has 0 aliphatic heterocycles. The lowest BCUT2D eigenvalue weighted by Gasteiger charge is -2.27. The molecule has 0 spiro atoms. The van der Waals surface area contributed by atoms with Crippen LogP contribution in [0.1, 0.15) is 36.0 Å². The van der Waals surface area contributed by atoms with E-state index in [-0.39, 0.29) is 11.7 Å². The Hall–Kier alpha value is -0.750. The van der Waals surface area contributed by atoms with Gasteiger partial charge in [-0.2, -0.15) is 0 Å². The summed E-state index contributed by atoms with van der Waals surface area (Å²) in [6, 6.07) is 4.07. The Morgan fingerprint density at radius 1 is 1.30 bits per heavy atom. The van der Waals surface area contributed by atoms with Crippen LogP contribution in [0.2, 0.25) is 0 Å². The molecule has 0 heterocycles. The van der Waals surface area contributed by atoms with E-state index < -0.39 is 20.9 Å². The number of halogens is 2. The summed E-state index contributed by atoms with van der Waals surface area (Å²) in [6.45, 7) is 0. The largest absolute Gasteiger partial charge is 0.294 e. The van der Waals surface area contributed by atoms with E-state index in [4.69, 9.17) is 0 Å². The second-order valence-corrected chi connectivity index (χ2v) is 8.58. The van der Waals surface area contributed by atoms with Crippen LogP contribution in [-0.4, -0.2) is 25.7 Å². The highest BCUT2D eigenvalue weighted by molar-refractivity contribution is 9.10. The number of carbonyl (C=O) groups excluding carboxylic acids is 1. The zero-order valence-electron chi connectivity index (χ0n) is 11.1. The molecule has 2 atom stereocenters. The van der Waals surface area contributed by atoms with Crippen molar-refractivity contribution >= 4 is 31.6 Å². The second kappa shape index (κ2) is 5.93. The fraction of sp³-hybridized carbons (Fsp3) is 0.500. The Kier molecular flexibility index (Phi) is 4.64. The van der Waals surface area contributed by atoms with Gasteiger partial charge >= 0.3 is 0 Å². The Morgan fingerprint density at radius 2 is 2.00 bits per heavy atom. The molecule has 1 fully saturated rings. The zero-order valence-corrected chi connectivity index (χ0v) is 13.5. The van der Waals surface area contributed by atoms with E-state index in [0.29, 0.717) is 35.7 Å². The molecule has 1 saturated carbocycles. The van der Waals surface area contributed by atoms with Crippen LogP contribution in [0.5, 0.6) is 0 Å². The first kappa shape index (κ1) is 15.6. The molecule has 1 aromatic rings. The van der Waals surface area contributed by atoms with Gasteiger partial charge in [-0.3, -0.25) is 4.79 Å². The van der Waals surface area contributed by atoms with E-state index in [9.17, 15) is 17.6 Å². The number of sulfone groups is 1. The molecule has 0 amide bonds. The first-order valence-electron chi connectivity index (χ1n) is 6.46. The van der Waals surface area contributed by atoms with E-state index in [0.717, 1.165) is 0 Å². The van der Waals surface area contributed by atoms with Crippen LogP contribution in [0.3, 0.4) is 0 Å². The quantitative estimate of drug-likeness (QED) is 0.774. The summed E-state index contributed by atoms with van der Waals surface area (Å²) in [5.74, 6) is -0.978. The van der Waals surface area contributed by atoms with Crippen LogP contribution in [0, 0.1) is 11.7 Å². The van der Waals surface area contributed by atoms with Crippen molar-refractivity contribution in [3.63, 3.8) is 0 Å². The molecule has 0 bridgehead atoms. The third-order valence-electron chi connectivity index (χ3n) is 3.75. The zero-order chi connectivity index (χ0) is 14.9. The summed E-state index contributed by atoms with van der Waals surface area (Å²) >= 11 is 3.16. The first-order chi connectivity index (χ1) is 9.27. The fourth-order valence-electron chi connectivity index (χ4n) is 2.70. The van der Waals surface area contributed by atoms with Crippen LogP contribution in [0.25, 0.3) is 0 Å². The number of rotatable bonds is 3. The van der Waals surface area contributed by atoms with Crippen molar-refractivity contribution in [2.24, 2.45) is 5.92 Å². The number of hydrogen-bond acceptors (Lipinski definition) is 3. The SMILES string of the molecule is CS(=O)(=O)C1CCCC(C(=O)c2cc(F)cc(Br)c2)C1. The maximum atomic E-state index is 13.3. The average molecular weight is 363 g/mol. The van der Waals surface area contributed by atoms with Gasteiger partial charge in [0.15, 0.2) is 5.78 Å². The summed E-state index contributed by atoms with van der Waals surface area (Å²) in [7, 11) is -3.13. The fourth-order valence-corrected chi connectivity index (χ4v) is 4.35. The molecule has 1 aliphatic rings. The first-order valence-corrected chi connectivity index (χ1v) is 9.21. The van der Waals surface area contributed by atoms with Crippen LogP contribution >= 0.6 is 15.9 Å². The van der Waals surface area contributed by atoms with E-state index in [2.05, 4.69) is 15.9 Å². The lowest BCUT2D eigenvalue weighted by atomic mass is 9.83. The topological polar surface area (TPSA) is 51.2 Å². The monoisotopic (exact) mass is 362 g/mol. The Labute approximate surface area is 126 Å². The van der Waals surface area contributed by atoms with Crippen LogP contribution in [0.4, 0.5) is 4.39 Å². The predicted octanol–water partition coefficient (Wildman–Crippen LogP) is 3.37. The average Bonchev–Trinajstić information content (AvgIpc) is 2.36. The van der Waals surface area contributed by atoms with Crippen LogP contribution in [-0.2, 0) is 9.84 Å². The number of ketones is 1. The summed E-state index contributed by atoms with van der Waals surface area (Å²) in [6.07, 6.45) is 3.54. The summed E-state index contributed by atoms with van der Waals surface area (Å²) in [5.41, 5.74) is 0.302. The second-order valence-electron chi connectivity index (χ2n) is 5.34. The van der Waals surface area contributed by atoms with E-state index in [1.54, 1.807) is 6.07 Å². The number of Topliss-reactive ketones (excluding diaryl/α,β-unsaturated/α-hetero) is 1. The van der Waals surface area contributed by atoms with Gasteiger partial charge in [0.05, 0.1) is 5.25 Å². The van der Waals surface area contributed by atoms with Crippen LogP contribution < -0.4 is 0 Å². The van der Waals surface area contributed by atoms with Crippen molar-refractivity contribution < 1.29 is 17.6 Å². The molecule has 0 aromatic heterocycles. The molecule has 6 heteroatoms. The lowest BCUT2D eigenvalue weighted by Crippen LogP contribution is -2.31. The molecule has 1 aromatic carbocycles. The molecule has 0 radical (unpaired) electrons. The van der Waals surface area contributed by atoms with Gasteiger partial charge in [0.2, 0.25) is 0 Å². The molecule has 0 saturated heterocycles. The highest BCUT2D eigenvalue weighted by Crippen LogP contribution is 2.31. The molecule has 3 nitrogen and oxygen atoms in total. The minimum Gasteiger partial charge on any atom is -0.294 e. The maximum Gasteiger partial charge on any atom is 0.166 e. The van der Waals surface area contributed by atoms with Crippen LogP contribution in [0.15, 0.2) is 22.7 Å². The van der Waals surface area contributed by atoms with E-state index >= 15 is 0 Å². The number of hydrogen-bond donors (Lipinski definition) is 0. The molecule has 20 heavy (non-hydrogen) atoms. The third kappa shape index (κ3) is 3.67. The smallest absolute Gasteiger partial charge is 0.166 e. The van der Waals surface area contributed by atoms with Gasteiger partial charge in [-0.1, -0.05) is 22.4 Å². The summed E-state index contributed by atoms with van der Waals surface area (Å²) < 4.78 is 37.1. The Bertz CT molecular complexity index is 607. The Morgan fingerprint density at radius 3 is 2.60 bits per heavy atom. The minimum atomic E-state index is -3.13. The number of carbonyl (C=O) groups is 1. The molecule has 0 N–H and O–H groups in total. The molecule has 2 unspecified atom stereocenters.